The summed E-state index contributed by atoms with van der Waals surface area (Å²) in [5.41, 5.74) is 2.34. The first-order chi connectivity index (χ1) is 6.90. The van der Waals surface area contributed by atoms with Gasteiger partial charge in [0, 0.05) is 18.8 Å². The number of nitrogens with zero attached hydrogens (tertiary/aromatic N) is 1. The Kier molecular flexibility index (Phi) is 2.45. The molecule has 2 nitrogen and oxygen atoms in total. The van der Waals surface area contributed by atoms with E-state index in [1.54, 1.807) is 0 Å². The van der Waals surface area contributed by atoms with E-state index in [2.05, 4.69) is 28.5 Å². The van der Waals surface area contributed by atoms with Gasteiger partial charge in [0.2, 0.25) is 0 Å². The molecule has 0 aliphatic heterocycles. The van der Waals surface area contributed by atoms with Crippen LogP contribution in [0.1, 0.15) is 0 Å². The standard InChI is InChI=1S/C12H12N2/c1-13-12-8-7-11(9-14-12)10-5-3-2-4-6-10/h2-9H,1H3,(H,13,14). The Morgan fingerprint density at radius 3 is 2.29 bits per heavy atom. The number of pyridine rings is 1. The predicted octanol–water partition coefficient (Wildman–Crippen LogP) is 2.79. The summed E-state index contributed by atoms with van der Waals surface area (Å²) < 4.78 is 0. The number of nitrogens with one attached hydrogen (secondary N) is 1. The van der Waals surface area contributed by atoms with Crippen LogP contribution in [0.3, 0.4) is 0 Å². The molecule has 0 fully saturated rings. The third-order valence-corrected chi connectivity index (χ3v) is 2.13. The summed E-state index contributed by atoms with van der Waals surface area (Å²) in [6, 6.07) is 14.3. The van der Waals surface area contributed by atoms with Crippen molar-refractivity contribution in [2.75, 3.05) is 12.4 Å². The molecule has 0 spiro atoms. The van der Waals surface area contributed by atoms with Gasteiger partial charge >= 0.3 is 0 Å². The van der Waals surface area contributed by atoms with Crippen LogP contribution in [0, 0.1) is 0 Å². The van der Waals surface area contributed by atoms with Gasteiger partial charge < -0.3 is 5.32 Å². The van der Waals surface area contributed by atoms with Crippen LogP contribution in [0.5, 0.6) is 0 Å². The Morgan fingerprint density at radius 1 is 0.929 bits per heavy atom. The van der Waals surface area contributed by atoms with Gasteiger partial charge in [-0.2, -0.15) is 0 Å². The first-order valence-electron chi connectivity index (χ1n) is 4.59. The quantitative estimate of drug-likeness (QED) is 0.776. The molecule has 1 aromatic heterocycles. The van der Waals surface area contributed by atoms with E-state index in [-0.39, 0.29) is 0 Å². The fourth-order valence-electron chi connectivity index (χ4n) is 1.34. The number of rotatable bonds is 2. The highest BCUT2D eigenvalue weighted by Gasteiger charge is 1.96. The number of hydrogen-bond acceptors (Lipinski definition) is 2. The van der Waals surface area contributed by atoms with Crippen molar-refractivity contribution in [3.05, 3.63) is 48.7 Å². The van der Waals surface area contributed by atoms with Crippen LogP contribution in [0.4, 0.5) is 5.82 Å². The SMILES string of the molecule is CNc1ccc(-c2ccccc2)cn1. The van der Waals surface area contributed by atoms with Crippen LogP contribution >= 0.6 is 0 Å². The fourth-order valence-corrected chi connectivity index (χ4v) is 1.34. The van der Waals surface area contributed by atoms with Crippen LogP contribution in [0.2, 0.25) is 0 Å². The molecule has 2 heteroatoms. The van der Waals surface area contributed by atoms with Gasteiger partial charge in [0.05, 0.1) is 0 Å². The van der Waals surface area contributed by atoms with Crippen molar-refractivity contribution in [3.8, 4) is 11.1 Å². The lowest BCUT2D eigenvalue weighted by Crippen LogP contribution is -1.90. The molecule has 0 unspecified atom stereocenters. The lowest BCUT2D eigenvalue weighted by atomic mass is 10.1. The molecule has 0 aliphatic rings. The van der Waals surface area contributed by atoms with Crippen LogP contribution in [0.15, 0.2) is 48.7 Å². The summed E-state index contributed by atoms with van der Waals surface area (Å²) in [6.45, 7) is 0. The second-order valence-corrected chi connectivity index (χ2v) is 3.05. The van der Waals surface area contributed by atoms with Crippen molar-refractivity contribution in [1.82, 2.24) is 4.98 Å². The van der Waals surface area contributed by atoms with Crippen LogP contribution in [0.25, 0.3) is 11.1 Å². The van der Waals surface area contributed by atoms with E-state index in [1.165, 1.54) is 5.56 Å². The Labute approximate surface area is 83.6 Å². The normalized spacial score (nSPS) is 9.79. The maximum Gasteiger partial charge on any atom is 0.125 e. The molecule has 2 rings (SSSR count). The van der Waals surface area contributed by atoms with Gasteiger partial charge in [0.15, 0.2) is 0 Å². The topological polar surface area (TPSA) is 24.9 Å². The highest BCUT2D eigenvalue weighted by atomic mass is 14.9. The number of hydrogen-bond donors (Lipinski definition) is 1. The van der Waals surface area contributed by atoms with Gasteiger partial charge in [-0.15, -0.1) is 0 Å². The first kappa shape index (κ1) is 8.75. The molecule has 2 aromatic rings. The molecule has 0 saturated heterocycles. The molecular formula is C12H12N2. The van der Waals surface area contributed by atoms with Crippen LogP contribution < -0.4 is 5.32 Å². The van der Waals surface area contributed by atoms with Crippen molar-refractivity contribution in [3.63, 3.8) is 0 Å². The smallest absolute Gasteiger partial charge is 0.125 e. The molecule has 0 bridgehead atoms. The zero-order chi connectivity index (χ0) is 9.80. The zero-order valence-corrected chi connectivity index (χ0v) is 8.07. The largest absolute Gasteiger partial charge is 0.373 e. The van der Waals surface area contributed by atoms with E-state index in [1.807, 2.05) is 37.5 Å². The molecule has 1 N–H and O–H groups in total. The lowest BCUT2D eigenvalue weighted by molar-refractivity contribution is 1.29. The predicted molar refractivity (Wildman–Crippen MR) is 59.2 cm³/mol. The van der Waals surface area contributed by atoms with Gasteiger partial charge in [-0.25, -0.2) is 4.98 Å². The van der Waals surface area contributed by atoms with Gasteiger partial charge in [0.1, 0.15) is 5.82 Å². The summed E-state index contributed by atoms with van der Waals surface area (Å²) in [7, 11) is 1.87. The summed E-state index contributed by atoms with van der Waals surface area (Å²) in [5, 5.41) is 2.99. The second kappa shape index (κ2) is 3.92. The zero-order valence-electron chi connectivity index (χ0n) is 8.07. The Bertz CT molecular complexity index is 392. The monoisotopic (exact) mass is 184 g/mol. The summed E-state index contributed by atoms with van der Waals surface area (Å²) in [6.07, 6.45) is 1.88. The maximum atomic E-state index is 4.26. The van der Waals surface area contributed by atoms with Crippen molar-refractivity contribution in [2.24, 2.45) is 0 Å². The molecule has 70 valence electrons. The summed E-state index contributed by atoms with van der Waals surface area (Å²) >= 11 is 0. The maximum absolute atomic E-state index is 4.26. The number of benzene rings is 1. The minimum absolute atomic E-state index is 0.893. The fraction of sp³-hybridized carbons (Fsp3) is 0.0833. The second-order valence-electron chi connectivity index (χ2n) is 3.05. The Morgan fingerprint density at radius 2 is 1.71 bits per heavy atom. The minimum atomic E-state index is 0.893. The number of anilines is 1. The molecule has 0 amide bonds. The third kappa shape index (κ3) is 1.74. The van der Waals surface area contributed by atoms with Crippen molar-refractivity contribution < 1.29 is 0 Å². The van der Waals surface area contributed by atoms with Gasteiger partial charge in [0.25, 0.3) is 0 Å². The molecule has 0 saturated carbocycles. The van der Waals surface area contributed by atoms with E-state index >= 15 is 0 Å². The average Bonchev–Trinajstić information content (AvgIpc) is 2.30. The van der Waals surface area contributed by atoms with E-state index in [9.17, 15) is 0 Å². The average molecular weight is 184 g/mol. The lowest BCUT2D eigenvalue weighted by Gasteiger charge is -2.02. The highest BCUT2D eigenvalue weighted by molar-refractivity contribution is 5.63. The summed E-state index contributed by atoms with van der Waals surface area (Å²) in [4.78, 5) is 4.26. The summed E-state index contributed by atoms with van der Waals surface area (Å²) in [5.74, 6) is 0.893. The molecule has 0 radical (unpaired) electrons. The highest BCUT2D eigenvalue weighted by Crippen LogP contribution is 2.18. The van der Waals surface area contributed by atoms with Crippen LogP contribution in [-0.4, -0.2) is 12.0 Å². The molecule has 1 aromatic carbocycles. The molecule has 14 heavy (non-hydrogen) atoms. The molecule has 1 heterocycles. The van der Waals surface area contributed by atoms with E-state index in [0.29, 0.717) is 0 Å². The van der Waals surface area contributed by atoms with Gasteiger partial charge in [-0.05, 0) is 17.7 Å². The molecule has 0 aliphatic carbocycles. The van der Waals surface area contributed by atoms with E-state index < -0.39 is 0 Å². The Balaban J connectivity index is 2.34. The van der Waals surface area contributed by atoms with Crippen molar-refractivity contribution in [2.45, 2.75) is 0 Å². The van der Waals surface area contributed by atoms with Gasteiger partial charge in [-0.1, -0.05) is 30.3 Å². The van der Waals surface area contributed by atoms with Gasteiger partial charge in [-0.3, -0.25) is 0 Å². The van der Waals surface area contributed by atoms with Crippen LogP contribution in [-0.2, 0) is 0 Å². The first-order valence-corrected chi connectivity index (χ1v) is 4.59. The molecule has 0 atom stereocenters. The third-order valence-electron chi connectivity index (χ3n) is 2.13. The Hall–Kier alpha value is -1.83. The van der Waals surface area contributed by atoms with E-state index in [0.717, 1.165) is 11.4 Å². The molecular weight excluding hydrogens is 172 g/mol. The van der Waals surface area contributed by atoms with E-state index in [4.69, 9.17) is 0 Å². The minimum Gasteiger partial charge on any atom is -0.373 e. The number of aromatic nitrogens is 1. The van der Waals surface area contributed by atoms with Crippen molar-refractivity contribution in [1.29, 1.82) is 0 Å². The van der Waals surface area contributed by atoms with Crippen molar-refractivity contribution >= 4 is 5.82 Å².